The maximum absolute atomic E-state index is 13.1. The van der Waals surface area contributed by atoms with Gasteiger partial charge in [-0.3, -0.25) is 9.52 Å². The van der Waals surface area contributed by atoms with Crippen LogP contribution in [0.15, 0.2) is 77.7 Å². The molecule has 0 saturated carbocycles. The van der Waals surface area contributed by atoms with Crippen molar-refractivity contribution < 1.29 is 39.6 Å². The highest BCUT2D eigenvalue weighted by Gasteiger charge is 2.38. The number of hydrogen-bond donors (Lipinski definition) is 1. The van der Waals surface area contributed by atoms with Gasteiger partial charge in [0, 0.05) is 11.1 Å². The van der Waals surface area contributed by atoms with Gasteiger partial charge in [0.15, 0.2) is 5.78 Å². The molecule has 0 unspecified atom stereocenters. The topological polar surface area (TPSA) is 63.2 Å². The number of carbonyl (C=O) groups excluding carboxylic acids is 1. The molecule has 0 aliphatic rings. The molecule has 0 radical (unpaired) electrons. The van der Waals surface area contributed by atoms with Crippen LogP contribution in [0.3, 0.4) is 0 Å². The molecule has 0 heterocycles. The van der Waals surface area contributed by atoms with Crippen molar-refractivity contribution in [2.75, 3.05) is 4.72 Å². The minimum atomic E-state index is -5.22. The molecule has 1 N–H and O–H groups in total. The van der Waals surface area contributed by atoms with Crippen molar-refractivity contribution in [1.82, 2.24) is 0 Å². The number of anilines is 1. The molecule has 0 aliphatic heterocycles. The highest BCUT2D eigenvalue weighted by molar-refractivity contribution is 7.92. The summed E-state index contributed by atoms with van der Waals surface area (Å²) in [5.41, 5.74) is -3.78. The van der Waals surface area contributed by atoms with E-state index in [0.717, 1.165) is 0 Å². The zero-order valence-corrected chi connectivity index (χ0v) is 16.6. The molecule has 0 spiro atoms. The third-order valence-electron chi connectivity index (χ3n) is 4.32. The van der Waals surface area contributed by atoms with Crippen LogP contribution in [0.2, 0.25) is 0 Å². The van der Waals surface area contributed by atoms with Crippen LogP contribution in [0.1, 0.15) is 27.0 Å². The Labute approximate surface area is 178 Å². The van der Waals surface area contributed by atoms with Crippen LogP contribution < -0.4 is 4.72 Å². The number of alkyl halides is 6. The zero-order valence-electron chi connectivity index (χ0n) is 15.8. The van der Waals surface area contributed by atoms with Gasteiger partial charge < -0.3 is 0 Å². The lowest BCUT2D eigenvalue weighted by Gasteiger charge is -2.16. The Balaban J connectivity index is 2.07. The summed E-state index contributed by atoms with van der Waals surface area (Å²) in [6.07, 6.45) is -10.4. The monoisotopic (exact) mass is 473 g/mol. The first-order chi connectivity index (χ1) is 14.8. The van der Waals surface area contributed by atoms with Crippen LogP contribution in [-0.4, -0.2) is 14.2 Å². The fourth-order valence-electron chi connectivity index (χ4n) is 2.80. The molecule has 32 heavy (non-hydrogen) atoms. The quantitative estimate of drug-likeness (QED) is 0.379. The molecule has 4 nitrogen and oxygen atoms in total. The molecule has 11 heteroatoms. The molecule has 0 aliphatic carbocycles. The minimum Gasteiger partial charge on any atom is -0.289 e. The lowest BCUT2D eigenvalue weighted by molar-refractivity contribution is -0.143. The van der Waals surface area contributed by atoms with Crippen molar-refractivity contribution in [3.8, 4) is 0 Å². The molecule has 3 aromatic carbocycles. The van der Waals surface area contributed by atoms with E-state index in [2.05, 4.69) is 0 Å². The van der Waals surface area contributed by atoms with Crippen LogP contribution in [-0.2, 0) is 22.4 Å². The number of carbonyl (C=O) groups is 1. The Kier molecular flexibility index (Phi) is 6.05. The fourth-order valence-corrected chi connectivity index (χ4v) is 3.95. The Hall–Kier alpha value is -3.34. The number of sulfonamides is 1. The second-order valence-electron chi connectivity index (χ2n) is 6.59. The zero-order chi connectivity index (χ0) is 23.7. The van der Waals surface area contributed by atoms with Gasteiger partial charge in [0.05, 0.1) is 21.7 Å². The van der Waals surface area contributed by atoms with Crippen molar-refractivity contribution in [2.45, 2.75) is 17.2 Å². The molecular weight excluding hydrogens is 460 g/mol. The van der Waals surface area contributed by atoms with Gasteiger partial charge in [-0.1, -0.05) is 42.5 Å². The van der Waals surface area contributed by atoms with Gasteiger partial charge >= 0.3 is 12.4 Å². The number of nitrogens with one attached hydrogen (secondary N) is 1. The summed E-state index contributed by atoms with van der Waals surface area (Å²) in [6.45, 7) is 0. The summed E-state index contributed by atoms with van der Waals surface area (Å²) in [7, 11) is -4.92. The Morgan fingerprint density at radius 2 is 1.22 bits per heavy atom. The maximum Gasteiger partial charge on any atom is 0.416 e. The molecule has 0 aromatic heterocycles. The number of hydrogen-bond acceptors (Lipinski definition) is 3. The Bertz CT molecular complexity index is 1220. The van der Waals surface area contributed by atoms with Crippen LogP contribution >= 0.6 is 0 Å². The molecule has 3 rings (SSSR count). The van der Waals surface area contributed by atoms with E-state index >= 15 is 0 Å². The van der Waals surface area contributed by atoms with Crippen LogP contribution in [0.25, 0.3) is 0 Å². The van der Waals surface area contributed by atoms with E-state index in [1.54, 1.807) is 18.2 Å². The van der Waals surface area contributed by atoms with Crippen molar-refractivity contribution in [2.24, 2.45) is 0 Å². The number of ketones is 1. The van der Waals surface area contributed by atoms with E-state index in [9.17, 15) is 39.6 Å². The van der Waals surface area contributed by atoms with Crippen molar-refractivity contribution in [1.29, 1.82) is 0 Å². The van der Waals surface area contributed by atoms with Crippen LogP contribution in [0, 0.1) is 0 Å². The van der Waals surface area contributed by atoms with Crippen LogP contribution in [0.4, 0.5) is 32.0 Å². The van der Waals surface area contributed by atoms with E-state index in [0.29, 0.717) is 0 Å². The Morgan fingerprint density at radius 1 is 0.719 bits per heavy atom. The van der Waals surface area contributed by atoms with E-state index in [1.165, 1.54) is 36.4 Å². The smallest absolute Gasteiger partial charge is 0.289 e. The summed E-state index contributed by atoms with van der Waals surface area (Å²) in [4.78, 5) is 11.5. The molecule has 0 atom stereocenters. The standard InChI is InChI=1S/C21H13F6NO3S/c22-20(23,24)14-10-15(21(25,26)27)12-16(11-14)32(30,31)28-18-9-5-4-8-17(18)19(29)13-6-2-1-3-7-13/h1-12,28H. The summed E-state index contributed by atoms with van der Waals surface area (Å²) in [5.74, 6) is -0.594. The SMILES string of the molecule is O=C(c1ccccc1)c1ccccc1NS(=O)(=O)c1cc(C(F)(F)F)cc(C(F)(F)F)c1. The van der Waals surface area contributed by atoms with E-state index in [4.69, 9.17) is 0 Å². The van der Waals surface area contributed by atoms with Gasteiger partial charge in [-0.15, -0.1) is 0 Å². The second kappa shape index (κ2) is 8.30. The average molecular weight is 473 g/mol. The highest BCUT2D eigenvalue weighted by Crippen LogP contribution is 2.37. The van der Waals surface area contributed by atoms with Crippen molar-refractivity contribution in [3.05, 3.63) is 95.1 Å². The van der Waals surface area contributed by atoms with Gasteiger partial charge in [-0.25, -0.2) is 8.42 Å². The molecular formula is C21H13F6NO3S. The lowest BCUT2D eigenvalue weighted by Crippen LogP contribution is -2.19. The molecule has 168 valence electrons. The van der Waals surface area contributed by atoms with Crippen molar-refractivity contribution in [3.63, 3.8) is 0 Å². The number of halogens is 6. The second-order valence-corrected chi connectivity index (χ2v) is 8.27. The molecule has 3 aromatic rings. The molecule has 0 saturated heterocycles. The highest BCUT2D eigenvalue weighted by atomic mass is 32.2. The molecule has 0 bridgehead atoms. The van der Waals surface area contributed by atoms with Gasteiger partial charge in [-0.2, -0.15) is 26.3 Å². The van der Waals surface area contributed by atoms with E-state index in [-0.39, 0.29) is 35.0 Å². The van der Waals surface area contributed by atoms with E-state index in [1.807, 2.05) is 4.72 Å². The predicted octanol–water partition coefficient (Wildman–Crippen LogP) is 5.76. The first-order valence-corrected chi connectivity index (χ1v) is 10.3. The molecule has 0 amide bonds. The third-order valence-corrected chi connectivity index (χ3v) is 5.67. The summed E-state index contributed by atoms with van der Waals surface area (Å²) in [6, 6.07) is 13.0. The predicted molar refractivity (Wildman–Crippen MR) is 104 cm³/mol. The minimum absolute atomic E-state index is 0.0964. The van der Waals surface area contributed by atoms with Crippen molar-refractivity contribution >= 4 is 21.5 Å². The third kappa shape index (κ3) is 5.10. The first-order valence-electron chi connectivity index (χ1n) is 8.80. The first kappa shape index (κ1) is 23.3. The van der Waals surface area contributed by atoms with Gasteiger partial charge in [0.2, 0.25) is 0 Å². The van der Waals surface area contributed by atoms with Gasteiger partial charge in [0.1, 0.15) is 0 Å². The number of benzene rings is 3. The Morgan fingerprint density at radius 3 is 1.75 bits per heavy atom. The largest absolute Gasteiger partial charge is 0.416 e. The number of para-hydroxylation sites is 1. The number of rotatable bonds is 5. The normalized spacial score (nSPS) is 12.4. The summed E-state index contributed by atoms with van der Waals surface area (Å²) in [5, 5.41) is 0. The average Bonchev–Trinajstić information content (AvgIpc) is 2.72. The summed E-state index contributed by atoms with van der Waals surface area (Å²) < 4.78 is 106. The fraction of sp³-hybridized carbons (Fsp3) is 0.0952. The lowest BCUT2D eigenvalue weighted by atomic mass is 10.0. The maximum atomic E-state index is 13.1. The van der Waals surface area contributed by atoms with Gasteiger partial charge in [0.25, 0.3) is 10.0 Å². The van der Waals surface area contributed by atoms with Crippen LogP contribution in [0.5, 0.6) is 0 Å². The van der Waals surface area contributed by atoms with E-state index < -0.39 is 44.2 Å². The molecule has 0 fully saturated rings. The summed E-state index contributed by atoms with van der Waals surface area (Å²) >= 11 is 0. The van der Waals surface area contributed by atoms with Gasteiger partial charge in [-0.05, 0) is 30.3 Å².